The normalized spacial score (nSPS) is 23.2. The summed E-state index contributed by atoms with van der Waals surface area (Å²) in [7, 11) is 1.69. The molecule has 1 atom stereocenters. The van der Waals surface area contributed by atoms with E-state index in [1.165, 1.54) is 0 Å². The SMILES string of the molecule is COc1c(C)cnc(CN2CCC3(C2)Cn2c(n[nH]c2=O)CO3)c1C. The van der Waals surface area contributed by atoms with Gasteiger partial charge < -0.3 is 9.47 Å². The molecule has 1 N–H and O–H groups in total. The number of rotatable bonds is 3. The smallest absolute Gasteiger partial charge is 0.343 e. The van der Waals surface area contributed by atoms with Gasteiger partial charge in [-0.1, -0.05) is 0 Å². The van der Waals surface area contributed by atoms with Crippen molar-refractivity contribution in [2.75, 3.05) is 20.2 Å². The van der Waals surface area contributed by atoms with Gasteiger partial charge in [-0.2, -0.15) is 5.10 Å². The van der Waals surface area contributed by atoms with Crippen molar-refractivity contribution >= 4 is 0 Å². The highest BCUT2D eigenvalue weighted by atomic mass is 16.5. The highest BCUT2D eigenvalue weighted by molar-refractivity contribution is 5.41. The third kappa shape index (κ3) is 2.75. The second kappa shape index (κ2) is 5.96. The lowest BCUT2D eigenvalue weighted by molar-refractivity contribution is -0.0833. The fraction of sp³-hybridized carbons (Fsp3) is 0.588. The molecule has 1 spiro atoms. The molecule has 8 nitrogen and oxygen atoms in total. The average molecular weight is 345 g/mol. The summed E-state index contributed by atoms with van der Waals surface area (Å²) in [5.41, 5.74) is 2.68. The Labute approximate surface area is 145 Å². The van der Waals surface area contributed by atoms with Gasteiger partial charge in [0.1, 0.15) is 18.0 Å². The summed E-state index contributed by atoms with van der Waals surface area (Å²) in [5, 5.41) is 6.50. The first kappa shape index (κ1) is 16.3. The van der Waals surface area contributed by atoms with Gasteiger partial charge >= 0.3 is 5.69 Å². The maximum Gasteiger partial charge on any atom is 0.343 e. The quantitative estimate of drug-likeness (QED) is 0.884. The number of likely N-dealkylation sites (tertiary alicyclic amines) is 1. The second-order valence-corrected chi connectivity index (χ2v) is 7.01. The minimum absolute atomic E-state index is 0.156. The summed E-state index contributed by atoms with van der Waals surface area (Å²) in [6, 6.07) is 0. The van der Waals surface area contributed by atoms with Crippen LogP contribution in [-0.2, 0) is 24.4 Å². The van der Waals surface area contributed by atoms with E-state index >= 15 is 0 Å². The molecule has 0 amide bonds. The summed E-state index contributed by atoms with van der Waals surface area (Å²) in [6.07, 6.45) is 2.76. The molecule has 2 aromatic heterocycles. The molecule has 0 saturated carbocycles. The van der Waals surface area contributed by atoms with Gasteiger partial charge in [-0.05, 0) is 20.3 Å². The first-order chi connectivity index (χ1) is 12.0. The topological polar surface area (TPSA) is 85.3 Å². The number of nitrogens with zero attached hydrogens (tertiary/aromatic N) is 4. The number of ether oxygens (including phenoxy) is 2. The van der Waals surface area contributed by atoms with Gasteiger partial charge in [0.05, 0.1) is 19.3 Å². The summed E-state index contributed by atoms with van der Waals surface area (Å²) in [6.45, 7) is 7.43. The predicted octanol–water partition coefficient (Wildman–Crippen LogP) is 0.767. The van der Waals surface area contributed by atoms with Crippen LogP contribution in [0.15, 0.2) is 11.0 Å². The van der Waals surface area contributed by atoms with E-state index in [1.807, 2.05) is 13.1 Å². The van der Waals surface area contributed by atoms with Crippen LogP contribution in [-0.4, -0.2) is 50.4 Å². The average Bonchev–Trinajstić information content (AvgIpc) is 3.15. The molecule has 1 saturated heterocycles. The number of hydrogen-bond acceptors (Lipinski definition) is 6. The number of aromatic amines is 1. The molecule has 8 heteroatoms. The van der Waals surface area contributed by atoms with E-state index in [0.29, 0.717) is 19.0 Å². The van der Waals surface area contributed by atoms with Crippen LogP contribution < -0.4 is 10.4 Å². The Kier molecular flexibility index (Phi) is 3.88. The van der Waals surface area contributed by atoms with Crippen LogP contribution >= 0.6 is 0 Å². The van der Waals surface area contributed by atoms with Crippen molar-refractivity contribution in [2.24, 2.45) is 0 Å². The molecular weight excluding hydrogens is 322 g/mol. The van der Waals surface area contributed by atoms with E-state index in [1.54, 1.807) is 11.7 Å². The molecule has 1 unspecified atom stereocenters. The molecule has 0 aromatic carbocycles. The van der Waals surface area contributed by atoms with E-state index in [0.717, 1.165) is 48.6 Å². The number of aryl methyl sites for hydroxylation is 1. The standard InChI is InChI=1S/C17H23N5O3/c1-11-6-18-13(12(2)15(11)24-3)7-21-5-4-17(9-21)10-22-14(8-25-17)19-20-16(22)23/h6H,4-5,7-10H2,1-3H3,(H,20,23). The summed E-state index contributed by atoms with van der Waals surface area (Å²) >= 11 is 0. The molecule has 4 heterocycles. The number of aromatic nitrogens is 4. The Hall–Kier alpha value is -2.19. The molecule has 134 valence electrons. The largest absolute Gasteiger partial charge is 0.496 e. The lowest BCUT2D eigenvalue weighted by Gasteiger charge is -2.33. The number of hydrogen-bond donors (Lipinski definition) is 1. The lowest BCUT2D eigenvalue weighted by atomic mass is 10.0. The summed E-state index contributed by atoms with van der Waals surface area (Å²) in [5.74, 6) is 1.58. The molecule has 2 aliphatic heterocycles. The molecular formula is C17H23N5O3. The van der Waals surface area contributed by atoms with Gasteiger partial charge in [0.2, 0.25) is 0 Å². The van der Waals surface area contributed by atoms with Gasteiger partial charge in [0.15, 0.2) is 5.82 Å². The number of methoxy groups -OCH3 is 1. The summed E-state index contributed by atoms with van der Waals surface area (Å²) in [4.78, 5) is 18.8. The molecule has 25 heavy (non-hydrogen) atoms. The second-order valence-electron chi connectivity index (χ2n) is 7.01. The van der Waals surface area contributed by atoms with Crippen LogP contribution in [0.2, 0.25) is 0 Å². The van der Waals surface area contributed by atoms with Crippen LogP contribution in [0.3, 0.4) is 0 Å². The van der Waals surface area contributed by atoms with Crippen molar-refractivity contribution in [3.63, 3.8) is 0 Å². The van der Waals surface area contributed by atoms with Crippen molar-refractivity contribution in [2.45, 2.75) is 45.6 Å². The fourth-order valence-corrected chi connectivity index (χ4v) is 3.93. The fourth-order valence-electron chi connectivity index (χ4n) is 3.93. The van der Waals surface area contributed by atoms with Crippen LogP contribution in [0, 0.1) is 13.8 Å². The first-order valence-electron chi connectivity index (χ1n) is 8.51. The van der Waals surface area contributed by atoms with Crippen molar-refractivity contribution in [3.05, 3.63) is 39.3 Å². The molecule has 4 rings (SSSR count). The number of nitrogens with one attached hydrogen (secondary N) is 1. The highest BCUT2D eigenvalue weighted by Gasteiger charge is 2.43. The molecule has 1 fully saturated rings. The van der Waals surface area contributed by atoms with E-state index in [9.17, 15) is 4.79 Å². The Morgan fingerprint density at radius 1 is 1.40 bits per heavy atom. The predicted molar refractivity (Wildman–Crippen MR) is 90.5 cm³/mol. The van der Waals surface area contributed by atoms with Crippen molar-refractivity contribution < 1.29 is 9.47 Å². The van der Waals surface area contributed by atoms with Crippen LogP contribution in [0.1, 0.15) is 29.1 Å². The Morgan fingerprint density at radius 2 is 2.24 bits per heavy atom. The van der Waals surface area contributed by atoms with Crippen LogP contribution in [0.25, 0.3) is 0 Å². The minimum Gasteiger partial charge on any atom is -0.496 e. The lowest BCUT2D eigenvalue weighted by Crippen LogP contribution is -2.46. The Morgan fingerprint density at radius 3 is 3.04 bits per heavy atom. The first-order valence-corrected chi connectivity index (χ1v) is 8.51. The zero-order chi connectivity index (χ0) is 17.6. The monoisotopic (exact) mass is 345 g/mol. The van der Waals surface area contributed by atoms with Crippen molar-refractivity contribution in [1.82, 2.24) is 24.6 Å². The van der Waals surface area contributed by atoms with Gasteiger partial charge in [0.25, 0.3) is 0 Å². The minimum atomic E-state index is -0.316. The van der Waals surface area contributed by atoms with Gasteiger partial charge in [-0.3, -0.25) is 14.5 Å². The van der Waals surface area contributed by atoms with Gasteiger partial charge in [0, 0.05) is 37.0 Å². The Bertz CT molecular complexity index is 858. The number of H-pyrrole nitrogens is 1. The third-order valence-electron chi connectivity index (χ3n) is 5.31. The van der Waals surface area contributed by atoms with Gasteiger partial charge in [-0.25, -0.2) is 9.89 Å². The molecule has 0 aliphatic carbocycles. The number of pyridine rings is 1. The maximum atomic E-state index is 11.9. The van der Waals surface area contributed by atoms with Crippen molar-refractivity contribution in [1.29, 1.82) is 0 Å². The summed E-state index contributed by atoms with van der Waals surface area (Å²) < 4.78 is 13.3. The molecule has 2 aliphatic rings. The zero-order valence-electron chi connectivity index (χ0n) is 14.8. The Balaban J connectivity index is 1.51. The van der Waals surface area contributed by atoms with E-state index < -0.39 is 0 Å². The van der Waals surface area contributed by atoms with Crippen LogP contribution in [0.4, 0.5) is 0 Å². The maximum absolute atomic E-state index is 11.9. The molecule has 2 aromatic rings. The van der Waals surface area contributed by atoms with Crippen molar-refractivity contribution in [3.8, 4) is 5.75 Å². The van der Waals surface area contributed by atoms with E-state index in [4.69, 9.17) is 9.47 Å². The highest BCUT2D eigenvalue weighted by Crippen LogP contribution is 2.33. The van der Waals surface area contributed by atoms with Crippen LogP contribution in [0.5, 0.6) is 5.75 Å². The molecule has 0 bridgehead atoms. The molecule has 0 radical (unpaired) electrons. The number of fused-ring (bicyclic) bond motifs is 1. The third-order valence-corrected chi connectivity index (χ3v) is 5.31. The van der Waals surface area contributed by atoms with E-state index in [2.05, 4.69) is 27.0 Å². The van der Waals surface area contributed by atoms with Gasteiger partial charge in [-0.15, -0.1) is 0 Å². The van der Waals surface area contributed by atoms with E-state index in [-0.39, 0.29) is 11.3 Å². The zero-order valence-corrected chi connectivity index (χ0v) is 14.8.